The van der Waals surface area contributed by atoms with E-state index in [1.807, 2.05) is 30.3 Å². The van der Waals surface area contributed by atoms with Gasteiger partial charge < -0.3 is 20.3 Å². The van der Waals surface area contributed by atoms with Gasteiger partial charge in [-0.25, -0.2) is 0 Å². The second-order valence-electron chi connectivity index (χ2n) is 8.36. The predicted octanol–water partition coefficient (Wildman–Crippen LogP) is 4.01. The molecule has 2 amide bonds. The van der Waals surface area contributed by atoms with Crippen LogP contribution >= 0.6 is 0 Å². The number of ether oxygens (including phenoxy) is 1. The maximum Gasteiger partial charge on any atom is 0.224 e. The summed E-state index contributed by atoms with van der Waals surface area (Å²) in [6.07, 6.45) is 6.01. The first-order valence-corrected chi connectivity index (χ1v) is 11.3. The number of hydrogen-bond acceptors (Lipinski definition) is 4. The van der Waals surface area contributed by atoms with Crippen LogP contribution in [0.15, 0.2) is 42.5 Å². The van der Waals surface area contributed by atoms with Crippen LogP contribution in [0.25, 0.3) is 0 Å². The second-order valence-corrected chi connectivity index (χ2v) is 8.36. The third-order valence-electron chi connectivity index (χ3n) is 5.94. The van der Waals surface area contributed by atoms with Crippen LogP contribution in [-0.2, 0) is 22.4 Å². The quantitative estimate of drug-likeness (QED) is 0.600. The molecule has 31 heavy (non-hydrogen) atoms. The van der Waals surface area contributed by atoms with E-state index in [2.05, 4.69) is 27.7 Å². The molecule has 1 fully saturated rings. The molecule has 0 unspecified atom stereocenters. The van der Waals surface area contributed by atoms with Gasteiger partial charge in [-0.05, 0) is 86.7 Å². The molecule has 0 aromatic heterocycles. The van der Waals surface area contributed by atoms with Crippen LogP contribution < -0.4 is 15.4 Å². The van der Waals surface area contributed by atoms with E-state index in [9.17, 15) is 9.59 Å². The Labute approximate surface area is 184 Å². The van der Waals surface area contributed by atoms with Crippen molar-refractivity contribution in [2.24, 2.45) is 0 Å². The number of aryl methyl sites for hydroxylation is 1. The lowest BCUT2D eigenvalue weighted by molar-refractivity contribution is -0.117. The van der Waals surface area contributed by atoms with Crippen molar-refractivity contribution in [1.29, 1.82) is 0 Å². The zero-order chi connectivity index (χ0) is 21.5. The van der Waals surface area contributed by atoms with Gasteiger partial charge in [0.2, 0.25) is 11.8 Å². The van der Waals surface area contributed by atoms with Crippen LogP contribution in [0.2, 0.25) is 0 Å². The third kappa shape index (κ3) is 6.31. The summed E-state index contributed by atoms with van der Waals surface area (Å²) in [6, 6.07) is 13.9. The van der Waals surface area contributed by atoms with E-state index in [0.29, 0.717) is 25.9 Å². The highest BCUT2D eigenvalue weighted by atomic mass is 16.5. The second kappa shape index (κ2) is 10.4. The van der Waals surface area contributed by atoms with Crippen molar-refractivity contribution in [3.63, 3.8) is 0 Å². The smallest absolute Gasteiger partial charge is 0.224 e. The first-order chi connectivity index (χ1) is 15.2. The van der Waals surface area contributed by atoms with Gasteiger partial charge in [0.05, 0.1) is 6.61 Å². The number of nitrogens with one attached hydrogen (secondary N) is 2. The largest absolute Gasteiger partial charge is 0.494 e. The lowest BCUT2D eigenvalue weighted by Crippen LogP contribution is -2.21. The Morgan fingerprint density at radius 1 is 1.06 bits per heavy atom. The molecular formula is C25H31N3O3. The summed E-state index contributed by atoms with van der Waals surface area (Å²) < 4.78 is 5.79. The molecule has 2 heterocycles. The van der Waals surface area contributed by atoms with Crippen LogP contribution in [-0.4, -0.2) is 43.0 Å². The van der Waals surface area contributed by atoms with Gasteiger partial charge in [0.25, 0.3) is 0 Å². The Balaban J connectivity index is 1.14. The molecule has 0 radical (unpaired) electrons. The number of fused-ring (bicyclic) bond motifs is 1. The molecule has 0 aliphatic carbocycles. The Morgan fingerprint density at radius 2 is 1.87 bits per heavy atom. The molecule has 2 aromatic carbocycles. The van der Waals surface area contributed by atoms with E-state index in [1.54, 1.807) is 0 Å². The van der Waals surface area contributed by atoms with Crippen LogP contribution in [0, 0.1) is 0 Å². The lowest BCUT2D eigenvalue weighted by atomic mass is 10.0. The molecular weight excluding hydrogens is 390 g/mol. The molecule has 0 saturated carbocycles. The normalized spacial score (nSPS) is 15.9. The highest BCUT2D eigenvalue weighted by Gasteiger charge is 2.15. The van der Waals surface area contributed by atoms with Gasteiger partial charge in [0.15, 0.2) is 0 Å². The molecule has 4 rings (SSSR count). The molecule has 2 N–H and O–H groups in total. The minimum atomic E-state index is 0.00145. The van der Waals surface area contributed by atoms with Gasteiger partial charge in [-0.1, -0.05) is 12.1 Å². The van der Waals surface area contributed by atoms with E-state index in [4.69, 9.17) is 4.74 Å². The number of carbonyl (C=O) groups is 2. The molecule has 6 nitrogen and oxygen atoms in total. The van der Waals surface area contributed by atoms with Gasteiger partial charge in [0.1, 0.15) is 5.75 Å². The minimum absolute atomic E-state index is 0.00145. The van der Waals surface area contributed by atoms with Crippen LogP contribution in [0.5, 0.6) is 5.75 Å². The Kier molecular flexibility index (Phi) is 7.20. The van der Waals surface area contributed by atoms with Gasteiger partial charge >= 0.3 is 0 Å². The van der Waals surface area contributed by atoms with Crippen LogP contribution in [0.4, 0.5) is 11.4 Å². The topological polar surface area (TPSA) is 70.7 Å². The Hall–Kier alpha value is -2.86. The molecule has 2 aromatic rings. The summed E-state index contributed by atoms with van der Waals surface area (Å²) in [6.45, 7) is 4.05. The lowest BCUT2D eigenvalue weighted by Gasteiger charge is -2.17. The van der Waals surface area contributed by atoms with E-state index in [-0.39, 0.29) is 11.8 Å². The number of hydrogen-bond donors (Lipinski definition) is 2. The van der Waals surface area contributed by atoms with Crippen molar-refractivity contribution in [3.8, 4) is 5.75 Å². The highest BCUT2D eigenvalue weighted by molar-refractivity contribution is 5.94. The highest BCUT2D eigenvalue weighted by Crippen LogP contribution is 2.26. The summed E-state index contributed by atoms with van der Waals surface area (Å²) in [7, 11) is 0. The van der Waals surface area contributed by atoms with Crippen LogP contribution in [0.1, 0.15) is 43.2 Å². The molecule has 0 atom stereocenters. The number of amides is 2. The van der Waals surface area contributed by atoms with Crippen molar-refractivity contribution in [1.82, 2.24) is 4.90 Å². The SMILES string of the molecule is O=C(CCCOc1ccc2c(c1)CCC(=O)N2)Nc1ccc(CCN2CCCC2)cc1. The summed E-state index contributed by atoms with van der Waals surface area (Å²) in [5.41, 5.74) is 4.11. The summed E-state index contributed by atoms with van der Waals surface area (Å²) in [5, 5.41) is 5.83. The number of nitrogens with zero attached hydrogens (tertiary/aromatic N) is 1. The summed E-state index contributed by atoms with van der Waals surface area (Å²) in [4.78, 5) is 26.2. The van der Waals surface area contributed by atoms with E-state index in [1.165, 1.54) is 31.5 Å². The number of rotatable bonds is 9. The van der Waals surface area contributed by atoms with Crippen molar-refractivity contribution < 1.29 is 14.3 Å². The summed E-state index contributed by atoms with van der Waals surface area (Å²) in [5.74, 6) is 0.838. The zero-order valence-electron chi connectivity index (χ0n) is 18.0. The van der Waals surface area contributed by atoms with Crippen molar-refractivity contribution >= 4 is 23.2 Å². The summed E-state index contributed by atoms with van der Waals surface area (Å²) >= 11 is 0. The standard InChI is InChI=1S/C25H31N3O3/c29-24(26-21-8-5-19(6-9-21)13-16-28-14-1-2-15-28)4-3-17-31-22-10-11-23-20(18-22)7-12-25(30)27-23/h5-6,8-11,18H,1-4,7,12-17H2,(H,26,29)(H,27,30). The van der Waals surface area contributed by atoms with Gasteiger partial charge in [-0.3, -0.25) is 9.59 Å². The number of anilines is 2. The predicted molar refractivity (Wildman–Crippen MR) is 123 cm³/mol. The van der Waals surface area contributed by atoms with Crippen LogP contribution in [0.3, 0.4) is 0 Å². The zero-order valence-corrected chi connectivity index (χ0v) is 18.0. The average Bonchev–Trinajstić information content (AvgIpc) is 3.30. The number of likely N-dealkylation sites (tertiary alicyclic amines) is 1. The molecule has 0 bridgehead atoms. The Morgan fingerprint density at radius 3 is 2.68 bits per heavy atom. The van der Waals surface area contributed by atoms with E-state index < -0.39 is 0 Å². The van der Waals surface area contributed by atoms with Gasteiger partial charge in [-0.15, -0.1) is 0 Å². The van der Waals surface area contributed by atoms with E-state index >= 15 is 0 Å². The average molecular weight is 422 g/mol. The maximum atomic E-state index is 12.2. The first kappa shape index (κ1) is 21.4. The number of benzene rings is 2. The molecule has 1 saturated heterocycles. The fourth-order valence-corrected chi connectivity index (χ4v) is 4.14. The minimum Gasteiger partial charge on any atom is -0.494 e. The van der Waals surface area contributed by atoms with Crippen molar-refractivity contribution in [2.75, 3.05) is 36.9 Å². The third-order valence-corrected chi connectivity index (χ3v) is 5.94. The van der Waals surface area contributed by atoms with E-state index in [0.717, 1.165) is 42.1 Å². The molecule has 6 heteroatoms. The Bertz CT molecular complexity index is 905. The van der Waals surface area contributed by atoms with Gasteiger partial charge in [-0.2, -0.15) is 0 Å². The van der Waals surface area contributed by atoms with Gasteiger partial charge in [0, 0.05) is 30.8 Å². The number of carbonyl (C=O) groups excluding carboxylic acids is 2. The molecule has 164 valence electrons. The van der Waals surface area contributed by atoms with Crippen molar-refractivity contribution in [2.45, 2.75) is 44.9 Å². The molecule has 0 spiro atoms. The van der Waals surface area contributed by atoms with Crippen molar-refractivity contribution in [3.05, 3.63) is 53.6 Å². The maximum absolute atomic E-state index is 12.2. The fraction of sp³-hybridized carbons (Fsp3) is 0.440. The molecule has 2 aliphatic rings. The first-order valence-electron chi connectivity index (χ1n) is 11.3. The molecule has 2 aliphatic heterocycles. The monoisotopic (exact) mass is 421 g/mol. The fourth-order valence-electron chi connectivity index (χ4n) is 4.14.